The molecule has 1 aromatic carbocycles. The lowest BCUT2D eigenvalue weighted by atomic mass is 10.1. The largest absolute Gasteiger partial charge is 0.416 e. The fourth-order valence-electron chi connectivity index (χ4n) is 3.20. The molecule has 2 aliphatic rings. The fraction of sp³-hybridized carbons (Fsp3) is 0.444. The molecule has 0 bridgehead atoms. The van der Waals surface area contributed by atoms with Crippen LogP contribution in [0.15, 0.2) is 23.1 Å². The highest BCUT2D eigenvalue weighted by molar-refractivity contribution is 8.18. The smallest absolute Gasteiger partial charge is 0.369 e. The van der Waals surface area contributed by atoms with Gasteiger partial charge in [-0.2, -0.15) is 13.2 Å². The van der Waals surface area contributed by atoms with Crippen molar-refractivity contribution in [3.05, 3.63) is 34.2 Å². The number of anilines is 1. The first-order valence-corrected chi connectivity index (χ1v) is 9.05. The van der Waals surface area contributed by atoms with Gasteiger partial charge in [0.1, 0.15) is 0 Å². The summed E-state index contributed by atoms with van der Waals surface area (Å²) in [5, 5.41) is -0.274. The van der Waals surface area contributed by atoms with Crippen molar-refractivity contribution >= 4 is 34.4 Å². The van der Waals surface area contributed by atoms with Crippen molar-refractivity contribution in [1.82, 2.24) is 4.90 Å². The van der Waals surface area contributed by atoms with Crippen LogP contribution in [0.1, 0.15) is 24.0 Å². The van der Waals surface area contributed by atoms with E-state index in [-0.39, 0.29) is 22.2 Å². The zero-order valence-electron chi connectivity index (χ0n) is 14.5. The van der Waals surface area contributed by atoms with Gasteiger partial charge in [-0.3, -0.25) is 9.59 Å². The van der Waals surface area contributed by atoms with Crippen LogP contribution in [0.2, 0.25) is 0 Å². The number of carbonyl (C=O) groups is 2. The Balaban J connectivity index is 2.00. The van der Waals surface area contributed by atoms with E-state index in [9.17, 15) is 22.8 Å². The van der Waals surface area contributed by atoms with Crippen molar-refractivity contribution in [3.63, 3.8) is 0 Å². The van der Waals surface area contributed by atoms with Crippen molar-refractivity contribution in [2.24, 2.45) is 0 Å². The van der Waals surface area contributed by atoms with E-state index in [2.05, 4.69) is 4.90 Å². The number of hydrogen-bond donors (Lipinski definition) is 0. The van der Waals surface area contributed by atoms with Gasteiger partial charge in [0.25, 0.3) is 0 Å². The Morgan fingerprint density at radius 3 is 2.54 bits per heavy atom. The molecule has 8 heteroatoms. The molecule has 26 heavy (non-hydrogen) atoms. The molecule has 0 saturated carbocycles. The van der Waals surface area contributed by atoms with Crippen molar-refractivity contribution < 1.29 is 22.8 Å². The van der Waals surface area contributed by atoms with Crippen LogP contribution in [0.3, 0.4) is 0 Å². The van der Waals surface area contributed by atoms with Crippen LogP contribution in [-0.2, 0) is 15.8 Å². The number of ketones is 1. The number of allylic oxidation sites excluding steroid dienone is 1. The van der Waals surface area contributed by atoms with E-state index in [4.69, 9.17) is 0 Å². The second kappa shape index (κ2) is 7.08. The molecular formula is C18H19F3N2O2S. The number of thioether (sulfide) groups is 1. The fourth-order valence-corrected chi connectivity index (χ4v) is 4.02. The second-order valence-electron chi connectivity index (χ2n) is 6.71. The molecule has 0 spiro atoms. The van der Waals surface area contributed by atoms with Gasteiger partial charge in [-0.15, -0.1) is 0 Å². The van der Waals surface area contributed by atoms with E-state index in [1.807, 2.05) is 19.0 Å². The number of alkyl halides is 3. The maximum atomic E-state index is 13.1. The lowest BCUT2D eigenvalue weighted by molar-refractivity contribution is -0.137. The highest BCUT2D eigenvalue weighted by Crippen LogP contribution is 2.37. The Hall–Kier alpha value is -1.80. The van der Waals surface area contributed by atoms with E-state index in [1.54, 1.807) is 0 Å². The molecule has 1 aromatic rings. The van der Waals surface area contributed by atoms with E-state index in [1.165, 1.54) is 12.1 Å². The van der Waals surface area contributed by atoms with Gasteiger partial charge in [-0.1, -0.05) is 0 Å². The maximum absolute atomic E-state index is 13.1. The molecule has 4 nitrogen and oxygen atoms in total. The minimum absolute atomic E-state index is 0.197. The number of rotatable bonds is 3. The summed E-state index contributed by atoms with van der Waals surface area (Å²) in [4.78, 5) is 27.7. The van der Waals surface area contributed by atoms with Crippen LogP contribution in [0.5, 0.6) is 0 Å². The summed E-state index contributed by atoms with van der Waals surface area (Å²) in [5.41, 5.74) is 0.214. The number of likely N-dealkylation sites (N-methyl/N-ethyl adjacent to an activating group) is 1. The molecule has 2 aliphatic heterocycles. The lowest BCUT2D eigenvalue weighted by Gasteiger charge is -2.24. The van der Waals surface area contributed by atoms with E-state index < -0.39 is 11.7 Å². The Morgan fingerprint density at radius 1 is 1.27 bits per heavy atom. The summed E-state index contributed by atoms with van der Waals surface area (Å²) in [6.07, 6.45) is -2.33. The van der Waals surface area contributed by atoms with Crippen molar-refractivity contribution in [2.45, 2.75) is 25.1 Å². The number of nitrogens with zero attached hydrogens (tertiary/aromatic N) is 2. The third kappa shape index (κ3) is 3.96. The highest BCUT2D eigenvalue weighted by atomic mass is 32.2. The van der Waals surface area contributed by atoms with Gasteiger partial charge in [-0.25, -0.2) is 0 Å². The van der Waals surface area contributed by atoms with Gasteiger partial charge in [0.15, 0.2) is 5.78 Å². The Bertz CT molecular complexity index is 774. The highest BCUT2D eigenvalue weighted by Gasteiger charge is 2.33. The van der Waals surface area contributed by atoms with Gasteiger partial charge in [0.2, 0.25) is 5.12 Å². The molecule has 0 aliphatic carbocycles. The molecule has 3 rings (SSSR count). The third-order valence-corrected chi connectivity index (χ3v) is 5.62. The zero-order chi connectivity index (χ0) is 19.1. The van der Waals surface area contributed by atoms with Crippen molar-refractivity contribution in [3.8, 4) is 0 Å². The minimum Gasteiger partial charge on any atom is -0.369 e. The maximum Gasteiger partial charge on any atom is 0.416 e. The van der Waals surface area contributed by atoms with Crippen LogP contribution in [0, 0.1) is 0 Å². The average Bonchev–Trinajstić information content (AvgIpc) is 3.14. The topological polar surface area (TPSA) is 40.6 Å². The summed E-state index contributed by atoms with van der Waals surface area (Å²) < 4.78 is 39.4. The van der Waals surface area contributed by atoms with Crippen molar-refractivity contribution in [2.75, 3.05) is 32.1 Å². The Labute approximate surface area is 154 Å². The van der Waals surface area contributed by atoms with E-state index in [0.29, 0.717) is 23.8 Å². The van der Waals surface area contributed by atoms with Crippen LogP contribution < -0.4 is 4.90 Å². The van der Waals surface area contributed by atoms with E-state index in [0.717, 1.165) is 36.9 Å². The van der Waals surface area contributed by atoms with Gasteiger partial charge in [0.05, 0.1) is 16.9 Å². The first-order valence-electron chi connectivity index (χ1n) is 8.23. The van der Waals surface area contributed by atoms with Gasteiger partial charge >= 0.3 is 6.18 Å². The summed E-state index contributed by atoms with van der Waals surface area (Å²) in [7, 11) is 3.95. The minimum atomic E-state index is -4.47. The number of halogens is 3. The molecule has 2 heterocycles. The number of carbonyl (C=O) groups excluding carboxylic acids is 2. The van der Waals surface area contributed by atoms with Crippen LogP contribution >= 0.6 is 11.8 Å². The molecule has 1 atom stereocenters. The predicted octanol–water partition coefficient (Wildman–Crippen LogP) is 3.42. The molecule has 2 saturated heterocycles. The molecule has 0 radical (unpaired) electrons. The second-order valence-corrected chi connectivity index (χ2v) is 7.81. The van der Waals surface area contributed by atoms with Gasteiger partial charge in [0, 0.05) is 24.8 Å². The number of hydrogen-bond acceptors (Lipinski definition) is 5. The monoisotopic (exact) mass is 384 g/mol. The Morgan fingerprint density at radius 2 is 2.00 bits per heavy atom. The first-order chi connectivity index (χ1) is 12.1. The molecule has 0 N–H and O–H groups in total. The summed E-state index contributed by atoms with van der Waals surface area (Å²) in [5.74, 6) is -0.337. The summed E-state index contributed by atoms with van der Waals surface area (Å²) in [6, 6.07) is 3.90. The van der Waals surface area contributed by atoms with Crippen LogP contribution in [-0.4, -0.2) is 49.0 Å². The standard InChI is InChI=1S/C18H19F3N2O2S/c1-22(2)13-5-6-23(10-13)14-4-3-12(18(19,20)21)7-11(14)8-16-15(24)9-17(25)26-16/h3-4,7-8,13H,5-6,9-10H2,1-2H3/t13-/m0/s1. The quantitative estimate of drug-likeness (QED) is 0.590. The molecule has 0 aromatic heterocycles. The molecular weight excluding hydrogens is 365 g/mol. The van der Waals surface area contributed by atoms with Gasteiger partial charge in [-0.05, 0) is 62.1 Å². The average molecular weight is 384 g/mol. The SMILES string of the molecule is CN(C)[C@H]1CCN(c2ccc(C(F)(F)F)cc2C=C2SC(=O)CC2=O)C1. The molecule has 140 valence electrons. The molecule has 0 unspecified atom stereocenters. The summed E-state index contributed by atoms with van der Waals surface area (Å²) in [6.45, 7) is 1.43. The lowest BCUT2D eigenvalue weighted by Crippen LogP contribution is -2.31. The van der Waals surface area contributed by atoms with Gasteiger partial charge < -0.3 is 9.80 Å². The Kier molecular flexibility index (Phi) is 5.16. The number of Topliss-reactive ketones (excluding diaryl/α,β-unsaturated/α-hetero) is 1. The predicted molar refractivity (Wildman–Crippen MR) is 95.9 cm³/mol. The molecule has 2 fully saturated rings. The van der Waals surface area contributed by atoms with Crippen molar-refractivity contribution in [1.29, 1.82) is 0 Å². The number of benzene rings is 1. The van der Waals surface area contributed by atoms with Crippen LogP contribution in [0.25, 0.3) is 6.08 Å². The summed E-state index contributed by atoms with van der Waals surface area (Å²) >= 11 is 0.803. The first kappa shape index (κ1) is 19.0. The van der Waals surface area contributed by atoms with Crippen LogP contribution in [0.4, 0.5) is 18.9 Å². The molecule has 0 amide bonds. The zero-order valence-corrected chi connectivity index (χ0v) is 15.3. The van der Waals surface area contributed by atoms with E-state index >= 15 is 0 Å². The normalized spacial score (nSPS) is 22.9. The third-order valence-electron chi connectivity index (χ3n) is 4.68.